The van der Waals surface area contributed by atoms with E-state index in [1.807, 2.05) is 12.1 Å². The van der Waals surface area contributed by atoms with Crippen LogP contribution in [0.25, 0.3) is 0 Å². The summed E-state index contributed by atoms with van der Waals surface area (Å²) in [4.78, 5) is 1.23. The maximum atomic E-state index is 6.71. The van der Waals surface area contributed by atoms with E-state index in [1.165, 1.54) is 4.88 Å². The van der Waals surface area contributed by atoms with Crippen LogP contribution in [0.3, 0.4) is 0 Å². The lowest BCUT2D eigenvalue weighted by Gasteiger charge is -2.52. The van der Waals surface area contributed by atoms with Crippen molar-refractivity contribution < 1.29 is 14.2 Å². The fourth-order valence-corrected chi connectivity index (χ4v) is 5.32. The zero-order valence-corrected chi connectivity index (χ0v) is 16.7. The molecule has 0 amide bonds. The van der Waals surface area contributed by atoms with Crippen LogP contribution >= 0.6 is 11.3 Å². The molecule has 1 spiro atoms. The molecule has 4 heterocycles. The summed E-state index contributed by atoms with van der Waals surface area (Å²) in [5.41, 5.74) is 1.52. The van der Waals surface area contributed by atoms with Gasteiger partial charge in [-0.15, -0.1) is 11.3 Å². The van der Waals surface area contributed by atoms with Crippen molar-refractivity contribution in [1.82, 2.24) is 5.01 Å². The summed E-state index contributed by atoms with van der Waals surface area (Å²) >= 11 is 1.74. The number of para-hydroxylation sites is 1. The smallest absolute Gasteiger partial charge is 0.203 e. The van der Waals surface area contributed by atoms with Crippen LogP contribution in [0.1, 0.15) is 49.6 Å². The number of ether oxygens (including phenoxy) is 3. The summed E-state index contributed by atoms with van der Waals surface area (Å²) < 4.78 is 18.4. The molecule has 0 bridgehead atoms. The number of nitrogens with zero attached hydrogens (tertiary/aromatic N) is 2. The molecule has 0 unspecified atom stereocenters. The lowest BCUT2D eigenvalue weighted by molar-refractivity contribution is -0.212. The number of benzene rings is 1. The Kier molecular flexibility index (Phi) is 3.78. The fourth-order valence-electron chi connectivity index (χ4n) is 4.60. The van der Waals surface area contributed by atoms with Crippen molar-refractivity contribution in [2.75, 3.05) is 13.7 Å². The zero-order chi connectivity index (χ0) is 18.6. The highest BCUT2D eigenvalue weighted by molar-refractivity contribution is 7.12. The number of hydrogen-bond donors (Lipinski definition) is 0. The predicted octanol–water partition coefficient (Wildman–Crippen LogP) is 4.59. The number of rotatable bonds is 2. The molecule has 0 aliphatic carbocycles. The molecule has 0 N–H and O–H groups in total. The summed E-state index contributed by atoms with van der Waals surface area (Å²) in [6.07, 6.45) is 2.42. The monoisotopic (exact) mass is 384 g/mol. The Morgan fingerprint density at radius 1 is 1.26 bits per heavy atom. The van der Waals surface area contributed by atoms with Crippen molar-refractivity contribution in [3.8, 4) is 11.5 Å². The van der Waals surface area contributed by atoms with Gasteiger partial charge < -0.3 is 14.2 Å². The third-order valence-electron chi connectivity index (χ3n) is 5.70. The Morgan fingerprint density at radius 3 is 2.89 bits per heavy atom. The molecule has 1 fully saturated rings. The Morgan fingerprint density at radius 2 is 2.15 bits per heavy atom. The summed E-state index contributed by atoms with van der Waals surface area (Å²) in [5.74, 6) is 1.65. The van der Waals surface area contributed by atoms with Gasteiger partial charge in [-0.25, -0.2) is 5.01 Å². The molecular weight excluding hydrogens is 360 g/mol. The van der Waals surface area contributed by atoms with Gasteiger partial charge in [0, 0.05) is 24.8 Å². The van der Waals surface area contributed by atoms with Gasteiger partial charge in [-0.05, 0) is 31.4 Å². The molecule has 2 atom stereocenters. The number of hydrazone groups is 1. The second-order valence-corrected chi connectivity index (χ2v) is 9.00. The van der Waals surface area contributed by atoms with Crippen LogP contribution < -0.4 is 9.47 Å². The first kappa shape index (κ1) is 17.1. The second-order valence-electron chi connectivity index (χ2n) is 8.05. The molecule has 0 radical (unpaired) electrons. The highest BCUT2D eigenvalue weighted by Crippen LogP contribution is 2.54. The van der Waals surface area contributed by atoms with Crippen molar-refractivity contribution >= 4 is 17.0 Å². The normalized spacial score (nSPS) is 28.3. The average molecular weight is 385 g/mol. The van der Waals surface area contributed by atoms with E-state index in [2.05, 4.69) is 42.4 Å². The van der Waals surface area contributed by atoms with Crippen LogP contribution in [-0.4, -0.2) is 35.8 Å². The van der Waals surface area contributed by atoms with Crippen molar-refractivity contribution in [3.05, 3.63) is 46.2 Å². The largest absolute Gasteiger partial charge is 0.493 e. The van der Waals surface area contributed by atoms with Gasteiger partial charge in [0.25, 0.3) is 0 Å². The molecule has 27 heavy (non-hydrogen) atoms. The third kappa shape index (κ3) is 2.65. The Balaban J connectivity index is 1.65. The van der Waals surface area contributed by atoms with Gasteiger partial charge in [-0.2, -0.15) is 5.10 Å². The van der Waals surface area contributed by atoms with Gasteiger partial charge in [0.05, 0.1) is 35.9 Å². The van der Waals surface area contributed by atoms with Gasteiger partial charge in [-0.3, -0.25) is 0 Å². The number of hydrogen-bond acceptors (Lipinski definition) is 6. The molecule has 1 saturated heterocycles. The van der Waals surface area contributed by atoms with Gasteiger partial charge in [0.1, 0.15) is 0 Å². The van der Waals surface area contributed by atoms with Crippen LogP contribution in [0, 0.1) is 0 Å². The number of thiophene rings is 1. The summed E-state index contributed by atoms with van der Waals surface area (Å²) in [6, 6.07) is 10.5. The van der Waals surface area contributed by atoms with E-state index < -0.39 is 5.72 Å². The van der Waals surface area contributed by atoms with Gasteiger partial charge in [-0.1, -0.05) is 18.2 Å². The maximum Gasteiger partial charge on any atom is 0.203 e. The third-order valence-corrected chi connectivity index (χ3v) is 6.62. The SMILES string of the molecule is COc1cccc2c1O[C@@]1(CCOC(C)(C)C1)N1N=C(c3cccs3)C[C@H]21. The van der Waals surface area contributed by atoms with Crippen LogP contribution in [-0.2, 0) is 4.74 Å². The van der Waals surface area contributed by atoms with Gasteiger partial charge in [0.15, 0.2) is 11.5 Å². The first-order valence-corrected chi connectivity index (χ1v) is 10.3. The quantitative estimate of drug-likeness (QED) is 0.760. The van der Waals surface area contributed by atoms with Crippen LogP contribution in [0.5, 0.6) is 11.5 Å². The van der Waals surface area contributed by atoms with Crippen LogP contribution in [0.2, 0.25) is 0 Å². The first-order valence-electron chi connectivity index (χ1n) is 9.42. The molecule has 6 heteroatoms. The fraction of sp³-hybridized carbons (Fsp3) is 0.476. The topological polar surface area (TPSA) is 43.3 Å². The Hall–Kier alpha value is -2.05. The molecule has 3 aliphatic heterocycles. The molecule has 1 aromatic heterocycles. The minimum absolute atomic E-state index is 0.162. The molecule has 1 aromatic carbocycles. The van der Waals surface area contributed by atoms with E-state index >= 15 is 0 Å². The summed E-state index contributed by atoms with van der Waals surface area (Å²) in [5, 5.41) is 9.41. The summed E-state index contributed by atoms with van der Waals surface area (Å²) in [7, 11) is 1.70. The lowest BCUT2D eigenvalue weighted by atomic mass is 9.86. The molecule has 2 aromatic rings. The van der Waals surface area contributed by atoms with E-state index in [4.69, 9.17) is 19.3 Å². The lowest BCUT2D eigenvalue weighted by Crippen LogP contribution is -2.60. The number of methoxy groups -OCH3 is 1. The molecule has 3 aliphatic rings. The zero-order valence-electron chi connectivity index (χ0n) is 15.9. The minimum Gasteiger partial charge on any atom is -0.493 e. The summed E-state index contributed by atoms with van der Waals surface area (Å²) in [6.45, 7) is 4.92. The second kappa shape index (κ2) is 5.97. The van der Waals surface area contributed by atoms with E-state index in [1.54, 1.807) is 18.4 Å². The van der Waals surface area contributed by atoms with E-state index in [0.29, 0.717) is 6.61 Å². The van der Waals surface area contributed by atoms with E-state index in [9.17, 15) is 0 Å². The molecular formula is C21H24N2O3S. The molecule has 5 nitrogen and oxygen atoms in total. The van der Waals surface area contributed by atoms with Crippen molar-refractivity contribution in [1.29, 1.82) is 0 Å². The first-order chi connectivity index (χ1) is 13.0. The molecule has 0 saturated carbocycles. The van der Waals surface area contributed by atoms with Gasteiger partial charge in [0.2, 0.25) is 5.72 Å². The molecule has 142 valence electrons. The molecule has 5 rings (SSSR count). The van der Waals surface area contributed by atoms with E-state index in [-0.39, 0.29) is 11.6 Å². The minimum atomic E-state index is -0.507. The van der Waals surface area contributed by atoms with Crippen LogP contribution in [0.4, 0.5) is 0 Å². The standard InChI is InChI=1S/C21H24N2O3S/c1-20(2)13-21(9-10-25-20)23-16(12-15(22-23)18-8-5-11-27-18)14-6-4-7-17(24-3)19(14)26-21/h4-8,11,16H,9-10,12-13H2,1-3H3/t16-,21-/m1/s1. The van der Waals surface area contributed by atoms with Gasteiger partial charge >= 0.3 is 0 Å². The Labute approximate surface area is 163 Å². The van der Waals surface area contributed by atoms with Crippen molar-refractivity contribution in [3.63, 3.8) is 0 Å². The number of fused-ring (bicyclic) bond motifs is 4. The Bertz CT molecular complexity index is 893. The average Bonchev–Trinajstić information content (AvgIpc) is 3.30. The van der Waals surface area contributed by atoms with E-state index in [0.717, 1.165) is 42.0 Å². The van der Waals surface area contributed by atoms with Crippen molar-refractivity contribution in [2.45, 2.75) is 50.5 Å². The van der Waals surface area contributed by atoms with Crippen molar-refractivity contribution in [2.24, 2.45) is 5.10 Å². The highest BCUT2D eigenvalue weighted by Gasteiger charge is 2.55. The maximum absolute atomic E-state index is 6.71. The highest BCUT2D eigenvalue weighted by atomic mass is 32.1. The van der Waals surface area contributed by atoms with Crippen LogP contribution in [0.15, 0.2) is 40.8 Å². The predicted molar refractivity (Wildman–Crippen MR) is 106 cm³/mol.